The highest BCUT2D eigenvalue weighted by Gasteiger charge is 2.20. The number of hydrogen-bond acceptors (Lipinski definition) is 2. The molecule has 0 aliphatic carbocycles. The summed E-state index contributed by atoms with van der Waals surface area (Å²) < 4.78 is 0. The van der Waals surface area contributed by atoms with E-state index in [0.29, 0.717) is 5.75 Å². The molecule has 3 aromatic rings. The first-order valence-corrected chi connectivity index (χ1v) is 10.2. The fourth-order valence-electron chi connectivity index (χ4n) is 3.88. The van der Waals surface area contributed by atoms with Crippen LogP contribution in [0.4, 0.5) is 0 Å². The van der Waals surface area contributed by atoms with E-state index in [0.717, 1.165) is 23.8 Å². The Kier molecular flexibility index (Phi) is 6.89. The first-order chi connectivity index (χ1) is 13.2. The Hall–Kier alpha value is -2.32. The molecule has 0 aliphatic rings. The Balaban J connectivity index is 1.91. The van der Waals surface area contributed by atoms with Gasteiger partial charge in [0.05, 0.1) is 0 Å². The van der Waals surface area contributed by atoms with Gasteiger partial charge < -0.3 is 10.4 Å². The first kappa shape index (κ1) is 19.4. The fourth-order valence-corrected chi connectivity index (χ4v) is 3.88. The van der Waals surface area contributed by atoms with E-state index in [9.17, 15) is 5.11 Å². The third kappa shape index (κ3) is 4.90. The van der Waals surface area contributed by atoms with Crippen LogP contribution in [0.15, 0.2) is 66.7 Å². The van der Waals surface area contributed by atoms with E-state index in [1.165, 1.54) is 30.2 Å². The van der Waals surface area contributed by atoms with E-state index in [2.05, 4.69) is 73.8 Å². The minimum atomic E-state index is 0.128. The monoisotopic (exact) mass is 361 g/mol. The van der Waals surface area contributed by atoms with Crippen LogP contribution in [0.5, 0.6) is 5.75 Å². The van der Waals surface area contributed by atoms with Gasteiger partial charge in [-0.2, -0.15) is 0 Å². The highest BCUT2D eigenvalue weighted by atomic mass is 16.3. The number of fused-ring (bicyclic) bond motifs is 1. The van der Waals surface area contributed by atoms with Gasteiger partial charge in [0.25, 0.3) is 0 Å². The lowest BCUT2D eigenvalue weighted by molar-refractivity contribution is 0.403. The molecule has 27 heavy (non-hydrogen) atoms. The average Bonchev–Trinajstić information content (AvgIpc) is 2.71. The van der Waals surface area contributed by atoms with Crippen molar-refractivity contribution in [2.45, 2.75) is 58.0 Å². The predicted molar refractivity (Wildman–Crippen MR) is 115 cm³/mol. The topological polar surface area (TPSA) is 32.3 Å². The van der Waals surface area contributed by atoms with Crippen LogP contribution in [0.2, 0.25) is 0 Å². The van der Waals surface area contributed by atoms with Crippen molar-refractivity contribution in [1.82, 2.24) is 5.32 Å². The predicted octanol–water partition coefficient (Wildman–Crippen LogP) is 6.91. The Morgan fingerprint density at radius 1 is 0.852 bits per heavy atom. The fraction of sp³-hybridized carbons (Fsp3) is 0.360. The molecule has 0 heterocycles. The third-order valence-corrected chi connectivity index (χ3v) is 5.39. The molecule has 2 atom stereocenters. The van der Waals surface area contributed by atoms with Gasteiger partial charge in [0.15, 0.2) is 0 Å². The van der Waals surface area contributed by atoms with Crippen molar-refractivity contribution in [3.8, 4) is 5.75 Å². The standard InChI is InChI=1S/C25H31NO/c1-3-4-5-9-16-23(26-19(2)20-12-7-6-8-13-20)25-22-15-11-10-14-21(22)17-18-24(25)27/h6-8,10-15,17-19,23,26-27H,3-5,9,16H2,1-2H3/t19-,23-/m1/s1. The van der Waals surface area contributed by atoms with Crippen LogP contribution < -0.4 is 5.32 Å². The lowest BCUT2D eigenvalue weighted by Gasteiger charge is -2.26. The zero-order chi connectivity index (χ0) is 19.1. The van der Waals surface area contributed by atoms with Gasteiger partial charge in [-0.25, -0.2) is 0 Å². The van der Waals surface area contributed by atoms with Gasteiger partial charge in [-0.1, -0.05) is 93.3 Å². The Labute approximate surface area is 163 Å². The largest absolute Gasteiger partial charge is 0.508 e. The molecule has 0 aromatic heterocycles. The van der Waals surface area contributed by atoms with Gasteiger partial charge in [-0.15, -0.1) is 0 Å². The highest BCUT2D eigenvalue weighted by Crippen LogP contribution is 2.36. The molecular weight excluding hydrogens is 330 g/mol. The van der Waals surface area contributed by atoms with Crippen molar-refractivity contribution in [2.24, 2.45) is 0 Å². The SMILES string of the molecule is CCCCCC[C@@H](N[C@H](C)c1ccccc1)c1c(O)ccc2ccccc12. The van der Waals surface area contributed by atoms with Crippen LogP contribution in [-0.2, 0) is 0 Å². The van der Waals surface area contributed by atoms with Crippen LogP contribution in [-0.4, -0.2) is 5.11 Å². The average molecular weight is 362 g/mol. The summed E-state index contributed by atoms with van der Waals surface area (Å²) in [5, 5.41) is 16.8. The van der Waals surface area contributed by atoms with Crippen molar-refractivity contribution >= 4 is 10.8 Å². The normalized spacial score (nSPS) is 13.6. The molecule has 2 heteroatoms. The van der Waals surface area contributed by atoms with Gasteiger partial charge in [-0.3, -0.25) is 0 Å². The summed E-state index contributed by atoms with van der Waals surface area (Å²) >= 11 is 0. The number of unbranched alkanes of at least 4 members (excludes halogenated alkanes) is 3. The Morgan fingerprint density at radius 2 is 1.59 bits per heavy atom. The number of hydrogen-bond donors (Lipinski definition) is 2. The van der Waals surface area contributed by atoms with Gasteiger partial charge in [0.1, 0.15) is 5.75 Å². The molecule has 2 N–H and O–H groups in total. The molecule has 0 saturated heterocycles. The molecular formula is C25H31NO. The molecule has 142 valence electrons. The quantitative estimate of drug-likeness (QED) is 0.406. The number of benzene rings is 3. The van der Waals surface area contributed by atoms with Crippen molar-refractivity contribution in [3.05, 3.63) is 77.9 Å². The van der Waals surface area contributed by atoms with Crippen LogP contribution in [0.3, 0.4) is 0 Å². The zero-order valence-electron chi connectivity index (χ0n) is 16.5. The summed E-state index contributed by atoms with van der Waals surface area (Å²) in [5.74, 6) is 0.391. The number of rotatable bonds is 9. The second kappa shape index (κ2) is 9.57. The molecule has 0 radical (unpaired) electrons. The maximum atomic E-state index is 10.7. The maximum absolute atomic E-state index is 10.7. The van der Waals surface area contributed by atoms with Crippen LogP contribution in [0.25, 0.3) is 10.8 Å². The van der Waals surface area contributed by atoms with Gasteiger partial charge in [0.2, 0.25) is 0 Å². The lowest BCUT2D eigenvalue weighted by Crippen LogP contribution is -2.25. The number of aromatic hydroxyl groups is 1. The minimum absolute atomic E-state index is 0.128. The summed E-state index contributed by atoms with van der Waals surface area (Å²) in [7, 11) is 0. The summed E-state index contributed by atoms with van der Waals surface area (Å²) in [6.07, 6.45) is 5.93. The summed E-state index contributed by atoms with van der Waals surface area (Å²) in [6.45, 7) is 4.44. The molecule has 0 unspecified atom stereocenters. The molecule has 0 fully saturated rings. The van der Waals surface area contributed by atoms with E-state index in [-0.39, 0.29) is 12.1 Å². The van der Waals surface area contributed by atoms with Crippen molar-refractivity contribution in [1.29, 1.82) is 0 Å². The number of phenols is 1. The van der Waals surface area contributed by atoms with Gasteiger partial charge in [-0.05, 0) is 35.7 Å². The lowest BCUT2D eigenvalue weighted by atomic mass is 9.92. The molecule has 0 bridgehead atoms. The number of phenolic OH excluding ortho intramolecular Hbond substituents is 1. The van der Waals surface area contributed by atoms with Crippen LogP contribution >= 0.6 is 0 Å². The van der Waals surface area contributed by atoms with Crippen molar-refractivity contribution in [2.75, 3.05) is 0 Å². The minimum Gasteiger partial charge on any atom is -0.508 e. The van der Waals surface area contributed by atoms with Gasteiger partial charge in [0, 0.05) is 17.6 Å². The highest BCUT2D eigenvalue weighted by molar-refractivity contribution is 5.88. The van der Waals surface area contributed by atoms with Crippen LogP contribution in [0, 0.1) is 0 Å². The zero-order valence-corrected chi connectivity index (χ0v) is 16.5. The molecule has 0 saturated carbocycles. The van der Waals surface area contributed by atoms with E-state index in [1.54, 1.807) is 0 Å². The molecule has 0 amide bonds. The molecule has 2 nitrogen and oxygen atoms in total. The smallest absolute Gasteiger partial charge is 0.120 e. The van der Waals surface area contributed by atoms with Crippen LogP contribution in [0.1, 0.15) is 69.2 Å². The molecule has 0 spiro atoms. The summed E-state index contributed by atoms with van der Waals surface area (Å²) in [4.78, 5) is 0. The van der Waals surface area contributed by atoms with Crippen molar-refractivity contribution < 1.29 is 5.11 Å². The summed E-state index contributed by atoms with van der Waals surface area (Å²) in [5.41, 5.74) is 2.31. The second-order valence-corrected chi connectivity index (χ2v) is 7.42. The Morgan fingerprint density at radius 3 is 2.37 bits per heavy atom. The van der Waals surface area contributed by atoms with E-state index >= 15 is 0 Å². The Bertz CT molecular complexity index is 843. The second-order valence-electron chi connectivity index (χ2n) is 7.42. The first-order valence-electron chi connectivity index (χ1n) is 10.2. The van der Waals surface area contributed by atoms with Gasteiger partial charge >= 0.3 is 0 Å². The maximum Gasteiger partial charge on any atom is 0.120 e. The van der Waals surface area contributed by atoms with E-state index in [1.807, 2.05) is 12.1 Å². The molecule has 0 aliphatic heterocycles. The van der Waals surface area contributed by atoms with E-state index < -0.39 is 0 Å². The van der Waals surface area contributed by atoms with Crippen molar-refractivity contribution in [3.63, 3.8) is 0 Å². The summed E-state index contributed by atoms with van der Waals surface area (Å²) in [6, 6.07) is 23.1. The van der Waals surface area contributed by atoms with E-state index in [4.69, 9.17) is 0 Å². The third-order valence-electron chi connectivity index (χ3n) is 5.39. The molecule has 3 rings (SSSR count). The number of nitrogens with one attached hydrogen (secondary N) is 1. The molecule has 3 aromatic carbocycles.